The fourth-order valence-corrected chi connectivity index (χ4v) is 3.42. The van der Waals surface area contributed by atoms with Crippen molar-refractivity contribution in [1.29, 1.82) is 0 Å². The van der Waals surface area contributed by atoms with Crippen molar-refractivity contribution in [2.75, 3.05) is 13.6 Å². The molecule has 0 radical (unpaired) electrons. The Balaban J connectivity index is 1.92. The predicted octanol–water partition coefficient (Wildman–Crippen LogP) is 1.75. The highest BCUT2D eigenvalue weighted by Crippen LogP contribution is 2.15. The molecule has 0 spiro atoms. The molecule has 2 rings (SSSR count). The highest BCUT2D eigenvalue weighted by Gasteiger charge is 2.19. The van der Waals surface area contributed by atoms with Crippen molar-refractivity contribution in [2.24, 2.45) is 0 Å². The van der Waals surface area contributed by atoms with Gasteiger partial charge in [-0.15, -0.1) is 0 Å². The average molecular weight is 326 g/mol. The van der Waals surface area contributed by atoms with E-state index in [1.54, 1.807) is 11.4 Å². The highest BCUT2D eigenvalue weighted by atomic mass is 32.2. The molecule has 0 aliphatic heterocycles. The van der Waals surface area contributed by atoms with Gasteiger partial charge < -0.3 is 5.11 Å². The maximum absolute atomic E-state index is 12.1. The first-order valence-electron chi connectivity index (χ1n) is 6.44. The molecule has 114 valence electrons. The van der Waals surface area contributed by atoms with Crippen LogP contribution in [0.5, 0.6) is 0 Å². The van der Waals surface area contributed by atoms with Gasteiger partial charge in [-0.3, -0.25) is 0 Å². The van der Waals surface area contributed by atoms with Gasteiger partial charge >= 0.3 is 0 Å². The standard InChI is InChI=1S/C14H18N2O3S2/c1-16(10-12-5-3-2-4-6-12)21(18,19)15-9-14(17)13-7-8-20-11-13/h2-8,11,14-15,17H,9-10H2,1H3. The molecule has 0 saturated carbocycles. The van der Waals surface area contributed by atoms with Gasteiger partial charge in [0.25, 0.3) is 10.2 Å². The zero-order chi connectivity index (χ0) is 15.3. The van der Waals surface area contributed by atoms with Crippen LogP contribution in [0, 0.1) is 0 Å². The Morgan fingerprint density at radius 3 is 2.62 bits per heavy atom. The lowest BCUT2D eigenvalue weighted by molar-refractivity contribution is 0.181. The topological polar surface area (TPSA) is 69.6 Å². The summed E-state index contributed by atoms with van der Waals surface area (Å²) in [6, 6.07) is 11.1. The Bertz CT molecular complexity index is 642. The molecule has 1 unspecified atom stereocenters. The lowest BCUT2D eigenvalue weighted by Crippen LogP contribution is -2.39. The van der Waals surface area contributed by atoms with Gasteiger partial charge in [-0.2, -0.15) is 28.8 Å². The van der Waals surface area contributed by atoms with Gasteiger partial charge in [0.05, 0.1) is 6.10 Å². The maximum Gasteiger partial charge on any atom is 0.279 e. The molecular formula is C14H18N2O3S2. The monoisotopic (exact) mass is 326 g/mol. The van der Waals surface area contributed by atoms with E-state index in [2.05, 4.69) is 4.72 Å². The summed E-state index contributed by atoms with van der Waals surface area (Å²) < 4.78 is 27.9. The molecule has 1 heterocycles. The predicted molar refractivity (Wildman–Crippen MR) is 84.1 cm³/mol. The van der Waals surface area contributed by atoms with Crippen molar-refractivity contribution >= 4 is 21.5 Å². The third kappa shape index (κ3) is 4.62. The molecule has 0 fully saturated rings. The second-order valence-electron chi connectivity index (χ2n) is 4.67. The molecular weight excluding hydrogens is 308 g/mol. The zero-order valence-corrected chi connectivity index (χ0v) is 13.3. The second kappa shape index (κ2) is 7.15. The number of nitrogens with one attached hydrogen (secondary N) is 1. The summed E-state index contributed by atoms with van der Waals surface area (Å²) in [6.07, 6.45) is -0.837. The van der Waals surface area contributed by atoms with Gasteiger partial charge in [-0.05, 0) is 28.0 Å². The number of thiophene rings is 1. The van der Waals surface area contributed by atoms with E-state index in [1.807, 2.05) is 35.7 Å². The van der Waals surface area contributed by atoms with E-state index in [1.165, 1.54) is 22.7 Å². The van der Waals surface area contributed by atoms with Crippen molar-refractivity contribution in [3.63, 3.8) is 0 Å². The average Bonchev–Trinajstić information content (AvgIpc) is 3.00. The Hall–Kier alpha value is -1.25. The van der Waals surface area contributed by atoms with E-state index in [0.717, 1.165) is 5.56 Å². The molecule has 2 aromatic rings. The molecule has 2 N–H and O–H groups in total. The van der Waals surface area contributed by atoms with E-state index in [0.29, 0.717) is 5.56 Å². The summed E-state index contributed by atoms with van der Waals surface area (Å²) >= 11 is 1.46. The minimum absolute atomic E-state index is 0.0435. The van der Waals surface area contributed by atoms with Crippen LogP contribution < -0.4 is 4.72 Å². The van der Waals surface area contributed by atoms with Gasteiger partial charge in [0, 0.05) is 20.1 Å². The number of hydrogen-bond acceptors (Lipinski definition) is 4. The van der Waals surface area contributed by atoms with Crippen LogP contribution in [0.25, 0.3) is 0 Å². The quantitative estimate of drug-likeness (QED) is 0.814. The summed E-state index contributed by atoms with van der Waals surface area (Å²) in [5.74, 6) is 0. The van der Waals surface area contributed by atoms with Crippen LogP contribution >= 0.6 is 11.3 Å². The molecule has 0 amide bonds. The van der Waals surface area contributed by atoms with E-state index in [-0.39, 0.29) is 13.1 Å². The summed E-state index contributed by atoms with van der Waals surface area (Å²) in [5, 5.41) is 13.5. The van der Waals surface area contributed by atoms with Crippen LogP contribution in [0.2, 0.25) is 0 Å². The molecule has 0 saturated heterocycles. The first-order chi connectivity index (χ1) is 9.99. The van der Waals surface area contributed by atoms with E-state index >= 15 is 0 Å². The van der Waals surface area contributed by atoms with Crippen molar-refractivity contribution in [3.8, 4) is 0 Å². The molecule has 1 atom stereocenters. The van der Waals surface area contributed by atoms with E-state index in [4.69, 9.17) is 0 Å². The van der Waals surface area contributed by atoms with Gasteiger partial charge in [0.2, 0.25) is 0 Å². The second-order valence-corrected chi connectivity index (χ2v) is 7.31. The minimum Gasteiger partial charge on any atom is -0.387 e. The first kappa shape index (κ1) is 16.1. The van der Waals surface area contributed by atoms with Crippen LogP contribution in [0.4, 0.5) is 0 Å². The molecule has 1 aromatic heterocycles. The van der Waals surface area contributed by atoms with Crippen molar-refractivity contribution in [1.82, 2.24) is 9.03 Å². The number of aliphatic hydroxyl groups excluding tert-OH is 1. The van der Waals surface area contributed by atoms with Crippen molar-refractivity contribution < 1.29 is 13.5 Å². The Morgan fingerprint density at radius 1 is 1.29 bits per heavy atom. The zero-order valence-electron chi connectivity index (χ0n) is 11.6. The first-order valence-corrected chi connectivity index (χ1v) is 8.82. The third-order valence-electron chi connectivity index (χ3n) is 3.05. The largest absolute Gasteiger partial charge is 0.387 e. The molecule has 0 aliphatic rings. The van der Waals surface area contributed by atoms with Crippen LogP contribution in [-0.2, 0) is 16.8 Å². The molecule has 7 heteroatoms. The minimum atomic E-state index is -3.62. The molecule has 0 bridgehead atoms. The lowest BCUT2D eigenvalue weighted by Gasteiger charge is -2.19. The Labute approximate surface area is 129 Å². The van der Waals surface area contributed by atoms with Gasteiger partial charge in [-0.1, -0.05) is 30.3 Å². The maximum atomic E-state index is 12.1. The van der Waals surface area contributed by atoms with Crippen molar-refractivity contribution in [2.45, 2.75) is 12.6 Å². The third-order valence-corrected chi connectivity index (χ3v) is 5.23. The van der Waals surface area contributed by atoms with Crippen LogP contribution in [0.3, 0.4) is 0 Å². The number of rotatable bonds is 7. The highest BCUT2D eigenvalue weighted by molar-refractivity contribution is 7.87. The number of nitrogens with zero attached hydrogens (tertiary/aromatic N) is 1. The van der Waals surface area contributed by atoms with E-state index in [9.17, 15) is 13.5 Å². The van der Waals surface area contributed by atoms with Crippen LogP contribution in [0.15, 0.2) is 47.2 Å². The number of benzene rings is 1. The number of aliphatic hydroxyl groups is 1. The fourth-order valence-electron chi connectivity index (χ4n) is 1.80. The van der Waals surface area contributed by atoms with Crippen molar-refractivity contribution in [3.05, 3.63) is 58.3 Å². The lowest BCUT2D eigenvalue weighted by atomic mass is 10.2. The summed E-state index contributed by atoms with van der Waals surface area (Å²) in [4.78, 5) is 0. The normalized spacial score (nSPS) is 13.5. The molecule has 21 heavy (non-hydrogen) atoms. The van der Waals surface area contributed by atoms with Crippen LogP contribution in [0.1, 0.15) is 17.2 Å². The van der Waals surface area contributed by atoms with Gasteiger partial charge in [-0.25, -0.2) is 0 Å². The fraction of sp³-hybridized carbons (Fsp3) is 0.286. The summed E-state index contributed by atoms with van der Waals surface area (Å²) in [7, 11) is -2.11. The smallest absolute Gasteiger partial charge is 0.279 e. The Kier molecular flexibility index (Phi) is 5.49. The van der Waals surface area contributed by atoms with Gasteiger partial charge in [0.15, 0.2) is 0 Å². The van der Waals surface area contributed by atoms with Crippen LogP contribution in [-0.4, -0.2) is 31.4 Å². The van der Waals surface area contributed by atoms with Gasteiger partial charge in [0.1, 0.15) is 0 Å². The number of hydrogen-bond donors (Lipinski definition) is 2. The summed E-state index contributed by atoms with van der Waals surface area (Å²) in [5.41, 5.74) is 1.62. The van der Waals surface area contributed by atoms with E-state index < -0.39 is 16.3 Å². The Morgan fingerprint density at radius 2 is 2.00 bits per heavy atom. The summed E-state index contributed by atoms with van der Waals surface area (Å²) in [6.45, 7) is 0.239. The molecule has 1 aromatic carbocycles. The molecule has 5 nitrogen and oxygen atoms in total. The SMILES string of the molecule is CN(Cc1ccccc1)S(=O)(=O)NCC(O)c1ccsc1. The molecule has 0 aliphatic carbocycles.